The fraction of sp³-hybridized carbons (Fsp3) is 0.0952. The molecule has 0 amide bonds. The van der Waals surface area contributed by atoms with E-state index in [9.17, 15) is 23.2 Å². The molecule has 0 unspecified atom stereocenters. The number of pyridine rings is 1. The van der Waals surface area contributed by atoms with Gasteiger partial charge in [0, 0.05) is 11.9 Å². The number of rotatable bonds is 3. The van der Waals surface area contributed by atoms with E-state index in [0.29, 0.717) is 22.3 Å². The molecule has 0 aliphatic heterocycles. The van der Waals surface area contributed by atoms with Crippen molar-refractivity contribution >= 4 is 28.6 Å². The lowest BCUT2D eigenvalue weighted by Crippen LogP contribution is -2.34. The predicted molar refractivity (Wildman–Crippen MR) is 105 cm³/mol. The molecule has 4 aromatic rings. The fourth-order valence-corrected chi connectivity index (χ4v) is 3.19. The van der Waals surface area contributed by atoms with Crippen molar-refractivity contribution < 1.29 is 17.9 Å². The van der Waals surface area contributed by atoms with E-state index in [2.05, 4.69) is 21.1 Å². The number of hydrogen-bond donors (Lipinski definition) is 1. The Hall–Kier alpha value is -4.06. The summed E-state index contributed by atoms with van der Waals surface area (Å²) in [6, 6.07) is 14.2. The second-order valence-corrected chi connectivity index (χ2v) is 6.45. The molecule has 0 atom stereocenters. The van der Waals surface area contributed by atoms with Gasteiger partial charge in [0.15, 0.2) is 5.65 Å². The minimum Gasteiger partial charge on any atom is -0.406 e. The van der Waals surface area contributed by atoms with Crippen molar-refractivity contribution in [3.63, 3.8) is 0 Å². The molecule has 0 bridgehead atoms. The number of aromatic nitrogens is 2. The first kappa shape index (κ1) is 19.3. The Morgan fingerprint density at radius 1 is 1.17 bits per heavy atom. The van der Waals surface area contributed by atoms with Crippen LogP contribution in [0, 0.1) is 18.3 Å². The van der Waals surface area contributed by atoms with Crippen LogP contribution in [0.4, 0.5) is 18.9 Å². The molecule has 6 nitrogen and oxygen atoms in total. The van der Waals surface area contributed by atoms with Crippen LogP contribution in [-0.2, 0) is 0 Å². The molecule has 0 spiro atoms. The van der Waals surface area contributed by atoms with Crippen molar-refractivity contribution in [3.05, 3.63) is 75.2 Å². The summed E-state index contributed by atoms with van der Waals surface area (Å²) in [5.41, 5.74) is 2.26. The summed E-state index contributed by atoms with van der Waals surface area (Å²) >= 11 is 0. The van der Waals surface area contributed by atoms with Gasteiger partial charge in [-0.25, -0.2) is 4.98 Å². The summed E-state index contributed by atoms with van der Waals surface area (Å²) < 4.78 is 42.0. The van der Waals surface area contributed by atoms with E-state index in [4.69, 9.17) is 0 Å². The van der Waals surface area contributed by atoms with Crippen molar-refractivity contribution in [2.75, 3.05) is 5.32 Å². The van der Waals surface area contributed by atoms with E-state index < -0.39 is 6.36 Å². The van der Waals surface area contributed by atoms with Crippen molar-refractivity contribution in [2.45, 2.75) is 13.3 Å². The molecule has 9 heteroatoms. The SMILES string of the molecule is Cc1c(C#N)c2nc3ccccc3n2c(=O)c1=CNc1ccc(OC(F)(F)F)cc1. The molecule has 1 N–H and O–H groups in total. The largest absolute Gasteiger partial charge is 0.573 e. The van der Waals surface area contributed by atoms with Gasteiger partial charge < -0.3 is 10.1 Å². The standard InChI is InChI=1S/C21H13F3N4O2/c1-12-15(10-25)19-27-17-4-2-3-5-18(17)28(19)20(29)16(12)11-26-13-6-8-14(9-7-13)30-21(22,23)24/h2-9,11,26H,1H3. The molecule has 0 aliphatic carbocycles. The van der Waals surface area contributed by atoms with E-state index in [0.717, 1.165) is 12.1 Å². The van der Waals surface area contributed by atoms with Crippen molar-refractivity contribution in [1.82, 2.24) is 9.38 Å². The van der Waals surface area contributed by atoms with Crippen LogP contribution < -0.4 is 20.8 Å². The first-order valence-electron chi connectivity index (χ1n) is 8.75. The minimum atomic E-state index is -4.77. The van der Waals surface area contributed by atoms with E-state index >= 15 is 0 Å². The third-order valence-electron chi connectivity index (χ3n) is 4.58. The highest BCUT2D eigenvalue weighted by atomic mass is 19.4. The first-order valence-corrected chi connectivity index (χ1v) is 8.75. The lowest BCUT2D eigenvalue weighted by molar-refractivity contribution is -0.274. The zero-order valence-electron chi connectivity index (χ0n) is 15.5. The normalized spacial score (nSPS) is 12.3. The Morgan fingerprint density at radius 3 is 2.53 bits per heavy atom. The number of ether oxygens (including phenoxy) is 1. The fourth-order valence-electron chi connectivity index (χ4n) is 3.19. The molecule has 2 heterocycles. The second kappa shape index (κ2) is 7.08. The number of imidazole rings is 1. The van der Waals surface area contributed by atoms with E-state index in [1.165, 1.54) is 22.7 Å². The van der Waals surface area contributed by atoms with Gasteiger partial charge in [0.25, 0.3) is 5.56 Å². The zero-order chi connectivity index (χ0) is 21.5. The molecule has 0 saturated heterocycles. The number of anilines is 1. The molecule has 0 aliphatic rings. The third-order valence-corrected chi connectivity index (χ3v) is 4.58. The van der Waals surface area contributed by atoms with Gasteiger partial charge in [-0.05, 0) is 48.9 Å². The Morgan fingerprint density at radius 2 is 1.87 bits per heavy atom. The summed E-state index contributed by atoms with van der Waals surface area (Å²) in [6.45, 7) is 1.65. The summed E-state index contributed by atoms with van der Waals surface area (Å²) in [6.07, 6.45) is -3.35. The summed E-state index contributed by atoms with van der Waals surface area (Å²) in [5, 5.41) is 12.8. The average Bonchev–Trinajstić information content (AvgIpc) is 3.07. The number of hydrogen-bond acceptors (Lipinski definition) is 5. The molecule has 150 valence electrons. The monoisotopic (exact) mass is 410 g/mol. The van der Waals surface area contributed by atoms with Crippen LogP contribution in [0.5, 0.6) is 5.75 Å². The molecule has 0 fully saturated rings. The van der Waals surface area contributed by atoms with Gasteiger partial charge in [-0.3, -0.25) is 9.20 Å². The highest BCUT2D eigenvalue weighted by molar-refractivity contribution is 5.82. The number of benzene rings is 2. The summed E-state index contributed by atoms with van der Waals surface area (Å²) in [7, 11) is 0. The number of fused-ring (bicyclic) bond motifs is 3. The molecule has 4 rings (SSSR count). The van der Waals surface area contributed by atoms with Crippen LogP contribution in [0.1, 0.15) is 11.1 Å². The second-order valence-electron chi connectivity index (χ2n) is 6.45. The highest BCUT2D eigenvalue weighted by Gasteiger charge is 2.30. The minimum absolute atomic E-state index is 0.248. The Balaban J connectivity index is 1.81. The van der Waals surface area contributed by atoms with Gasteiger partial charge in [0.1, 0.15) is 11.8 Å². The van der Waals surface area contributed by atoms with Gasteiger partial charge in [-0.15, -0.1) is 13.2 Å². The number of para-hydroxylation sites is 2. The zero-order valence-corrected chi connectivity index (χ0v) is 15.5. The first-order chi connectivity index (χ1) is 14.3. The molecule has 0 saturated carbocycles. The Kier molecular flexibility index (Phi) is 4.54. The lowest BCUT2D eigenvalue weighted by Gasteiger charge is -2.09. The number of nitriles is 1. The number of nitrogens with zero attached hydrogens (tertiary/aromatic N) is 3. The number of alkyl halides is 3. The van der Waals surface area contributed by atoms with Crippen LogP contribution in [0.25, 0.3) is 22.9 Å². The number of halogens is 3. The van der Waals surface area contributed by atoms with Gasteiger partial charge in [-0.2, -0.15) is 5.26 Å². The van der Waals surface area contributed by atoms with Crippen molar-refractivity contribution in [1.29, 1.82) is 5.26 Å². The van der Waals surface area contributed by atoms with Crippen LogP contribution in [-0.4, -0.2) is 15.7 Å². The van der Waals surface area contributed by atoms with Crippen LogP contribution >= 0.6 is 0 Å². The van der Waals surface area contributed by atoms with Gasteiger partial charge in [0.2, 0.25) is 0 Å². The smallest absolute Gasteiger partial charge is 0.406 e. The van der Waals surface area contributed by atoms with E-state index in [-0.39, 0.29) is 27.7 Å². The summed E-state index contributed by atoms with van der Waals surface area (Å²) in [5.74, 6) is -0.355. The van der Waals surface area contributed by atoms with Crippen LogP contribution in [0.2, 0.25) is 0 Å². The number of nitrogens with one attached hydrogen (secondary N) is 1. The van der Waals surface area contributed by atoms with Crippen LogP contribution in [0.15, 0.2) is 53.3 Å². The predicted octanol–water partition coefficient (Wildman–Crippen LogP) is 3.50. The third kappa shape index (κ3) is 3.39. The Labute approximate surface area is 167 Å². The molecule has 2 aromatic heterocycles. The molecule has 30 heavy (non-hydrogen) atoms. The molecular formula is C21H13F3N4O2. The Bertz CT molecular complexity index is 1420. The lowest BCUT2D eigenvalue weighted by atomic mass is 10.1. The quantitative estimate of drug-likeness (QED) is 0.559. The van der Waals surface area contributed by atoms with Gasteiger partial charge in [0.05, 0.1) is 21.8 Å². The maximum atomic E-state index is 13.1. The van der Waals surface area contributed by atoms with Gasteiger partial charge in [-0.1, -0.05) is 12.1 Å². The highest BCUT2D eigenvalue weighted by Crippen LogP contribution is 2.24. The maximum absolute atomic E-state index is 13.1. The topological polar surface area (TPSA) is 79.4 Å². The van der Waals surface area contributed by atoms with Crippen molar-refractivity contribution in [3.8, 4) is 11.8 Å². The molecule has 2 aromatic carbocycles. The van der Waals surface area contributed by atoms with Crippen molar-refractivity contribution in [2.24, 2.45) is 0 Å². The molecule has 0 radical (unpaired) electrons. The van der Waals surface area contributed by atoms with E-state index in [1.54, 1.807) is 31.2 Å². The summed E-state index contributed by atoms with van der Waals surface area (Å²) in [4.78, 5) is 17.5. The maximum Gasteiger partial charge on any atom is 0.573 e. The molecular weight excluding hydrogens is 397 g/mol. The van der Waals surface area contributed by atoms with Gasteiger partial charge >= 0.3 is 6.36 Å². The average molecular weight is 410 g/mol. The van der Waals surface area contributed by atoms with E-state index in [1.807, 2.05) is 0 Å². The van der Waals surface area contributed by atoms with Crippen LogP contribution in [0.3, 0.4) is 0 Å².